The molecule has 0 saturated carbocycles. The summed E-state index contributed by atoms with van der Waals surface area (Å²) in [4.78, 5) is 10.7. The van der Waals surface area contributed by atoms with E-state index in [4.69, 9.17) is 21.4 Å². The Bertz CT molecular complexity index is 428. The van der Waals surface area contributed by atoms with Crippen molar-refractivity contribution in [3.63, 3.8) is 0 Å². The van der Waals surface area contributed by atoms with Crippen molar-refractivity contribution in [3.05, 3.63) is 27.8 Å². The van der Waals surface area contributed by atoms with Crippen molar-refractivity contribution >= 4 is 17.6 Å². The van der Waals surface area contributed by atoms with Crippen molar-refractivity contribution in [1.82, 2.24) is 0 Å². The standard InChI is InChI=1S/C11H13ClO4/c1-5-4-7(9(13)11(14)15)10(16-3)8(12)6(5)2/h4,9,13H,1-3H3,(H,14,15). The number of rotatable bonds is 3. The van der Waals surface area contributed by atoms with E-state index in [-0.39, 0.29) is 11.3 Å². The normalized spacial score (nSPS) is 12.3. The number of halogens is 1. The molecular formula is C11H13ClO4. The molecule has 0 aliphatic rings. The number of aliphatic hydroxyl groups is 1. The number of methoxy groups -OCH3 is 1. The molecule has 2 N–H and O–H groups in total. The first-order valence-electron chi connectivity index (χ1n) is 4.64. The van der Waals surface area contributed by atoms with Crippen molar-refractivity contribution in [2.75, 3.05) is 7.11 Å². The van der Waals surface area contributed by atoms with Crippen LogP contribution in [-0.2, 0) is 4.79 Å². The Labute approximate surface area is 98.4 Å². The molecule has 0 fully saturated rings. The van der Waals surface area contributed by atoms with Crippen LogP contribution in [-0.4, -0.2) is 23.3 Å². The van der Waals surface area contributed by atoms with Crippen LogP contribution in [0.2, 0.25) is 5.02 Å². The number of carbonyl (C=O) groups is 1. The van der Waals surface area contributed by atoms with Gasteiger partial charge in [0.1, 0.15) is 5.75 Å². The van der Waals surface area contributed by atoms with Gasteiger partial charge in [0.2, 0.25) is 0 Å². The minimum atomic E-state index is -1.63. The maximum Gasteiger partial charge on any atom is 0.337 e. The Kier molecular flexibility index (Phi) is 3.78. The van der Waals surface area contributed by atoms with Gasteiger partial charge in [0, 0.05) is 5.56 Å². The Morgan fingerprint density at radius 2 is 2.06 bits per heavy atom. The molecule has 5 heteroatoms. The molecule has 1 rings (SSSR count). The van der Waals surface area contributed by atoms with Gasteiger partial charge in [0.05, 0.1) is 12.1 Å². The van der Waals surface area contributed by atoms with Crippen LogP contribution in [0.1, 0.15) is 22.8 Å². The van der Waals surface area contributed by atoms with Gasteiger partial charge in [0.15, 0.2) is 6.10 Å². The lowest BCUT2D eigenvalue weighted by atomic mass is 10.0. The number of benzene rings is 1. The summed E-state index contributed by atoms with van der Waals surface area (Å²) in [6, 6.07) is 1.57. The van der Waals surface area contributed by atoms with Crippen LogP contribution in [0.5, 0.6) is 5.75 Å². The first-order chi connectivity index (χ1) is 7.40. The topological polar surface area (TPSA) is 66.8 Å². The molecule has 0 bridgehead atoms. The predicted octanol–water partition coefficient (Wildman–Crippen LogP) is 2.08. The molecule has 0 radical (unpaired) electrons. The molecule has 0 heterocycles. The van der Waals surface area contributed by atoms with Gasteiger partial charge in [0.25, 0.3) is 0 Å². The Hall–Kier alpha value is -1.26. The molecule has 88 valence electrons. The summed E-state index contributed by atoms with van der Waals surface area (Å²) >= 11 is 6.02. The molecule has 4 nitrogen and oxygen atoms in total. The van der Waals surface area contributed by atoms with Crippen LogP contribution in [0.3, 0.4) is 0 Å². The fraction of sp³-hybridized carbons (Fsp3) is 0.364. The zero-order chi connectivity index (χ0) is 12.5. The second kappa shape index (κ2) is 4.72. The number of aliphatic carboxylic acids is 1. The highest BCUT2D eigenvalue weighted by atomic mass is 35.5. The molecule has 0 aromatic heterocycles. The van der Waals surface area contributed by atoms with E-state index < -0.39 is 12.1 Å². The van der Waals surface area contributed by atoms with Gasteiger partial charge < -0.3 is 14.9 Å². The van der Waals surface area contributed by atoms with Crippen molar-refractivity contribution in [2.45, 2.75) is 20.0 Å². The third kappa shape index (κ3) is 2.13. The molecule has 0 spiro atoms. The van der Waals surface area contributed by atoms with Gasteiger partial charge in [-0.3, -0.25) is 0 Å². The SMILES string of the molecule is COc1c(C(O)C(=O)O)cc(C)c(C)c1Cl. The number of aliphatic hydroxyl groups excluding tert-OH is 1. The Morgan fingerprint density at radius 3 is 2.50 bits per heavy atom. The summed E-state index contributed by atoms with van der Waals surface area (Å²) < 4.78 is 5.03. The van der Waals surface area contributed by atoms with E-state index in [1.807, 2.05) is 0 Å². The molecule has 0 saturated heterocycles. The van der Waals surface area contributed by atoms with Crippen molar-refractivity contribution in [2.24, 2.45) is 0 Å². The summed E-state index contributed by atoms with van der Waals surface area (Å²) in [5, 5.41) is 18.6. The molecule has 1 aromatic rings. The van der Waals surface area contributed by atoms with Gasteiger partial charge in [-0.25, -0.2) is 4.79 Å². The maximum absolute atomic E-state index is 10.7. The number of carboxylic acids is 1. The van der Waals surface area contributed by atoms with Crippen molar-refractivity contribution in [3.8, 4) is 5.75 Å². The number of hydrogen-bond donors (Lipinski definition) is 2. The third-order valence-electron chi connectivity index (χ3n) is 2.49. The summed E-state index contributed by atoms with van der Waals surface area (Å²) in [6.07, 6.45) is -1.63. The zero-order valence-corrected chi connectivity index (χ0v) is 10.00. The number of carboxylic acid groups (broad SMARTS) is 1. The van der Waals surface area contributed by atoms with Gasteiger partial charge in [-0.2, -0.15) is 0 Å². The summed E-state index contributed by atoms with van der Waals surface area (Å²) in [6.45, 7) is 3.59. The maximum atomic E-state index is 10.7. The molecule has 1 aromatic carbocycles. The molecule has 16 heavy (non-hydrogen) atoms. The number of ether oxygens (including phenoxy) is 1. The van der Waals surface area contributed by atoms with Gasteiger partial charge in [-0.15, -0.1) is 0 Å². The van der Waals surface area contributed by atoms with Crippen LogP contribution in [0.4, 0.5) is 0 Å². The molecular weight excluding hydrogens is 232 g/mol. The van der Waals surface area contributed by atoms with E-state index in [0.717, 1.165) is 11.1 Å². The largest absolute Gasteiger partial charge is 0.495 e. The summed E-state index contributed by atoms with van der Waals surface area (Å²) in [5.41, 5.74) is 1.78. The molecule has 1 atom stereocenters. The van der Waals surface area contributed by atoms with E-state index in [1.54, 1.807) is 19.9 Å². The van der Waals surface area contributed by atoms with Gasteiger partial charge in [-0.05, 0) is 31.0 Å². The average molecular weight is 245 g/mol. The average Bonchev–Trinajstić information content (AvgIpc) is 2.24. The fourth-order valence-corrected chi connectivity index (χ4v) is 1.76. The second-order valence-corrected chi connectivity index (χ2v) is 3.87. The van der Waals surface area contributed by atoms with E-state index >= 15 is 0 Å². The molecule has 1 unspecified atom stereocenters. The minimum absolute atomic E-state index is 0.170. The Balaban J connectivity index is 3.44. The van der Waals surface area contributed by atoms with Crippen LogP contribution in [0.25, 0.3) is 0 Å². The third-order valence-corrected chi connectivity index (χ3v) is 2.94. The van der Waals surface area contributed by atoms with E-state index in [2.05, 4.69) is 0 Å². The lowest BCUT2D eigenvalue weighted by molar-refractivity contribution is -0.147. The second-order valence-electron chi connectivity index (χ2n) is 3.50. The van der Waals surface area contributed by atoms with E-state index in [1.165, 1.54) is 7.11 Å². The lowest BCUT2D eigenvalue weighted by Crippen LogP contribution is -2.12. The van der Waals surface area contributed by atoms with Crippen molar-refractivity contribution < 1.29 is 19.7 Å². The quantitative estimate of drug-likeness (QED) is 0.854. The number of aryl methyl sites for hydroxylation is 1. The van der Waals surface area contributed by atoms with Crippen LogP contribution in [0, 0.1) is 13.8 Å². The predicted molar refractivity (Wildman–Crippen MR) is 60.1 cm³/mol. The number of hydrogen-bond acceptors (Lipinski definition) is 3. The first-order valence-corrected chi connectivity index (χ1v) is 5.02. The monoisotopic (exact) mass is 244 g/mol. The zero-order valence-electron chi connectivity index (χ0n) is 9.24. The Morgan fingerprint density at radius 1 is 1.50 bits per heavy atom. The highest BCUT2D eigenvalue weighted by Crippen LogP contribution is 2.37. The molecule has 0 amide bonds. The first kappa shape index (κ1) is 12.8. The molecule has 0 aliphatic carbocycles. The fourth-order valence-electron chi connectivity index (χ4n) is 1.42. The molecule has 0 aliphatic heterocycles. The summed E-state index contributed by atoms with van der Waals surface area (Å²) in [5.74, 6) is -1.13. The van der Waals surface area contributed by atoms with E-state index in [0.29, 0.717) is 5.02 Å². The lowest BCUT2D eigenvalue weighted by Gasteiger charge is -2.16. The van der Waals surface area contributed by atoms with Crippen LogP contribution >= 0.6 is 11.6 Å². The van der Waals surface area contributed by atoms with Gasteiger partial charge in [-0.1, -0.05) is 11.6 Å². The van der Waals surface area contributed by atoms with Crippen LogP contribution in [0.15, 0.2) is 6.07 Å². The highest BCUT2D eigenvalue weighted by Gasteiger charge is 2.23. The minimum Gasteiger partial charge on any atom is -0.495 e. The van der Waals surface area contributed by atoms with Gasteiger partial charge >= 0.3 is 5.97 Å². The van der Waals surface area contributed by atoms with Crippen LogP contribution < -0.4 is 4.74 Å². The van der Waals surface area contributed by atoms with E-state index in [9.17, 15) is 9.90 Å². The smallest absolute Gasteiger partial charge is 0.337 e. The summed E-state index contributed by atoms with van der Waals surface area (Å²) in [7, 11) is 1.38. The highest BCUT2D eigenvalue weighted by molar-refractivity contribution is 6.33. The van der Waals surface area contributed by atoms with Crippen molar-refractivity contribution in [1.29, 1.82) is 0 Å².